The van der Waals surface area contributed by atoms with Crippen LogP contribution in [0.25, 0.3) is 0 Å². The molecule has 2 aromatic rings. The molecule has 8 nitrogen and oxygen atoms in total. The minimum absolute atomic E-state index is 0.209. The first-order chi connectivity index (χ1) is 16.1. The number of rotatable bonds is 8. The number of ether oxygens (including phenoxy) is 1. The van der Waals surface area contributed by atoms with Crippen molar-refractivity contribution in [2.24, 2.45) is 0 Å². The summed E-state index contributed by atoms with van der Waals surface area (Å²) in [5.74, 6) is 1.73. The Kier molecular flexibility index (Phi) is 7.96. The Hall–Kier alpha value is -2.90. The molecule has 1 aromatic heterocycles. The second-order valence-electron chi connectivity index (χ2n) is 8.97. The zero-order valence-electron chi connectivity index (χ0n) is 19.9. The SMILES string of the molecule is CCOC(=O)C[C@@H](Nc1nc(N2CCCCC2)nc(N2CCCCC2)n1)c1ccc(C)cc1. The molecule has 0 radical (unpaired) electrons. The third-order valence-corrected chi connectivity index (χ3v) is 6.35. The van der Waals surface area contributed by atoms with E-state index in [1.54, 1.807) is 0 Å². The highest BCUT2D eigenvalue weighted by atomic mass is 16.5. The molecule has 0 amide bonds. The summed E-state index contributed by atoms with van der Waals surface area (Å²) in [6, 6.07) is 7.92. The molecule has 0 spiro atoms. The van der Waals surface area contributed by atoms with Crippen molar-refractivity contribution in [2.45, 2.75) is 64.8 Å². The Morgan fingerprint density at radius 3 is 1.97 bits per heavy atom. The van der Waals surface area contributed by atoms with E-state index in [-0.39, 0.29) is 18.4 Å². The second kappa shape index (κ2) is 11.3. The predicted molar refractivity (Wildman–Crippen MR) is 131 cm³/mol. The first-order valence-electron chi connectivity index (χ1n) is 12.4. The number of piperidine rings is 2. The average Bonchev–Trinajstić information content (AvgIpc) is 2.85. The van der Waals surface area contributed by atoms with Crippen LogP contribution in [0.1, 0.15) is 69.0 Å². The van der Waals surface area contributed by atoms with Gasteiger partial charge in [-0.25, -0.2) is 0 Å². The van der Waals surface area contributed by atoms with E-state index in [9.17, 15) is 4.79 Å². The number of aromatic nitrogens is 3. The highest BCUT2D eigenvalue weighted by molar-refractivity contribution is 5.71. The molecule has 0 saturated carbocycles. The molecular weight excluding hydrogens is 416 g/mol. The number of anilines is 3. The number of aryl methyl sites for hydroxylation is 1. The van der Waals surface area contributed by atoms with Crippen molar-refractivity contribution >= 4 is 23.8 Å². The topological polar surface area (TPSA) is 83.5 Å². The molecular formula is C25H36N6O2. The van der Waals surface area contributed by atoms with Crippen molar-refractivity contribution in [1.29, 1.82) is 0 Å². The molecule has 33 heavy (non-hydrogen) atoms. The average molecular weight is 453 g/mol. The summed E-state index contributed by atoms with van der Waals surface area (Å²) in [5.41, 5.74) is 2.18. The van der Waals surface area contributed by atoms with Gasteiger partial charge in [0.25, 0.3) is 0 Å². The molecule has 2 aliphatic heterocycles. The standard InChI is InChI=1S/C25H36N6O2/c1-3-33-22(32)18-21(20-12-10-19(2)11-13-20)26-23-27-24(30-14-6-4-7-15-30)29-25(28-23)31-16-8-5-9-17-31/h10-13,21H,3-9,14-18H2,1-2H3,(H,26,27,28,29)/t21-/m1/s1. The van der Waals surface area contributed by atoms with Gasteiger partial charge < -0.3 is 19.9 Å². The van der Waals surface area contributed by atoms with Crippen LogP contribution in [0.3, 0.4) is 0 Å². The van der Waals surface area contributed by atoms with Crippen LogP contribution in [0.5, 0.6) is 0 Å². The van der Waals surface area contributed by atoms with E-state index in [0.717, 1.165) is 69.3 Å². The minimum Gasteiger partial charge on any atom is -0.466 e. The summed E-state index contributed by atoms with van der Waals surface area (Å²) < 4.78 is 5.24. The van der Waals surface area contributed by atoms with Crippen LogP contribution in [-0.2, 0) is 9.53 Å². The van der Waals surface area contributed by atoms with Gasteiger partial charge in [0.15, 0.2) is 0 Å². The van der Waals surface area contributed by atoms with Crippen molar-refractivity contribution in [1.82, 2.24) is 15.0 Å². The van der Waals surface area contributed by atoms with Crippen LogP contribution in [0, 0.1) is 6.92 Å². The van der Waals surface area contributed by atoms with Gasteiger partial charge in [0.1, 0.15) is 0 Å². The van der Waals surface area contributed by atoms with Gasteiger partial charge in [0.05, 0.1) is 19.1 Å². The van der Waals surface area contributed by atoms with E-state index in [4.69, 9.17) is 19.7 Å². The Labute approximate surface area is 196 Å². The van der Waals surface area contributed by atoms with Crippen LogP contribution in [0.2, 0.25) is 0 Å². The molecule has 178 valence electrons. The summed E-state index contributed by atoms with van der Waals surface area (Å²) in [5, 5.41) is 3.45. The lowest BCUT2D eigenvalue weighted by molar-refractivity contribution is -0.143. The number of nitrogens with zero attached hydrogens (tertiary/aromatic N) is 5. The normalized spacial score (nSPS) is 17.5. The van der Waals surface area contributed by atoms with Gasteiger partial charge in [-0.1, -0.05) is 29.8 Å². The van der Waals surface area contributed by atoms with Gasteiger partial charge >= 0.3 is 5.97 Å². The van der Waals surface area contributed by atoms with E-state index in [1.165, 1.54) is 18.4 Å². The third kappa shape index (κ3) is 6.33. The molecule has 4 rings (SSSR count). The molecule has 1 aromatic carbocycles. The Morgan fingerprint density at radius 2 is 1.45 bits per heavy atom. The number of esters is 1. The first-order valence-corrected chi connectivity index (χ1v) is 12.4. The fourth-order valence-corrected chi connectivity index (χ4v) is 4.48. The zero-order valence-corrected chi connectivity index (χ0v) is 19.9. The van der Waals surface area contributed by atoms with E-state index >= 15 is 0 Å². The summed E-state index contributed by atoms with van der Waals surface area (Å²) in [4.78, 5) is 31.4. The van der Waals surface area contributed by atoms with Crippen molar-refractivity contribution in [3.63, 3.8) is 0 Å². The molecule has 8 heteroatoms. The molecule has 3 heterocycles. The summed E-state index contributed by atoms with van der Waals surface area (Å²) >= 11 is 0. The quantitative estimate of drug-likeness (QED) is 0.595. The van der Waals surface area contributed by atoms with Gasteiger partial charge in [0, 0.05) is 26.2 Å². The van der Waals surface area contributed by atoms with E-state index < -0.39 is 0 Å². The van der Waals surface area contributed by atoms with Crippen LogP contribution >= 0.6 is 0 Å². The zero-order chi connectivity index (χ0) is 23.0. The van der Waals surface area contributed by atoms with Gasteiger partial charge in [0.2, 0.25) is 17.8 Å². The molecule has 1 N–H and O–H groups in total. The van der Waals surface area contributed by atoms with Crippen molar-refractivity contribution in [2.75, 3.05) is 47.9 Å². The van der Waals surface area contributed by atoms with Gasteiger partial charge in [-0.2, -0.15) is 15.0 Å². The van der Waals surface area contributed by atoms with Gasteiger partial charge in [-0.05, 0) is 57.9 Å². The number of nitrogens with one attached hydrogen (secondary N) is 1. The van der Waals surface area contributed by atoms with Crippen LogP contribution < -0.4 is 15.1 Å². The highest BCUT2D eigenvalue weighted by Gasteiger charge is 2.23. The molecule has 0 unspecified atom stereocenters. The minimum atomic E-state index is -0.282. The Bertz CT molecular complexity index is 871. The number of carbonyl (C=O) groups is 1. The van der Waals surface area contributed by atoms with Gasteiger partial charge in [-0.3, -0.25) is 4.79 Å². The van der Waals surface area contributed by atoms with Crippen molar-refractivity contribution in [3.8, 4) is 0 Å². The summed E-state index contributed by atoms with van der Waals surface area (Å²) in [7, 11) is 0. The van der Waals surface area contributed by atoms with Crippen LogP contribution in [0.4, 0.5) is 17.8 Å². The maximum absolute atomic E-state index is 12.4. The summed E-state index contributed by atoms with van der Waals surface area (Å²) in [6.07, 6.45) is 7.33. The lowest BCUT2D eigenvalue weighted by atomic mass is 10.0. The van der Waals surface area contributed by atoms with E-state index in [1.807, 2.05) is 19.1 Å². The number of hydrogen-bond acceptors (Lipinski definition) is 8. The third-order valence-electron chi connectivity index (χ3n) is 6.35. The van der Waals surface area contributed by atoms with Crippen LogP contribution in [0.15, 0.2) is 24.3 Å². The van der Waals surface area contributed by atoms with Crippen molar-refractivity contribution < 1.29 is 9.53 Å². The smallest absolute Gasteiger partial charge is 0.308 e. The fraction of sp³-hybridized carbons (Fsp3) is 0.600. The van der Waals surface area contributed by atoms with Gasteiger partial charge in [-0.15, -0.1) is 0 Å². The second-order valence-corrected chi connectivity index (χ2v) is 8.97. The van der Waals surface area contributed by atoms with Crippen molar-refractivity contribution in [3.05, 3.63) is 35.4 Å². The lowest BCUT2D eigenvalue weighted by Crippen LogP contribution is -2.34. The van der Waals surface area contributed by atoms with Crippen LogP contribution in [-0.4, -0.2) is 53.7 Å². The number of hydrogen-bond donors (Lipinski definition) is 1. The maximum atomic E-state index is 12.4. The molecule has 2 fully saturated rings. The molecule has 0 bridgehead atoms. The Balaban J connectivity index is 1.64. The molecule has 2 saturated heterocycles. The highest BCUT2D eigenvalue weighted by Crippen LogP contribution is 2.26. The monoisotopic (exact) mass is 452 g/mol. The molecule has 2 aliphatic rings. The number of benzene rings is 1. The fourth-order valence-electron chi connectivity index (χ4n) is 4.48. The Morgan fingerprint density at radius 1 is 0.909 bits per heavy atom. The molecule has 1 atom stereocenters. The predicted octanol–water partition coefficient (Wildman–Crippen LogP) is 4.27. The van der Waals surface area contributed by atoms with E-state index in [2.05, 4.69) is 34.2 Å². The lowest BCUT2D eigenvalue weighted by Gasteiger charge is -2.30. The summed E-state index contributed by atoms with van der Waals surface area (Å²) in [6.45, 7) is 8.11. The van der Waals surface area contributed by atoms with E-state index in [0.29, 0.717) is 12.6 Å². The maximum Gasteiger partial charge on any atom is 0.308 e. The number of carbonyl (C=O) groups excluding carboxylic acids is 1. The molecule has 0 aliphatic carbocycles. The first kappa shape index (κ1) is 23.3. The largest absolute Gasteiger partial charge is 0.466 e.